The molecule has 38 heavy (non-hydrogen) atoms. The Balaban J connectivity index is 1.24. The zero-order chi connectivity index (χ0) is 27.0. The number of benzene rings is 3. The molecule has 1 saturated carbocycles. The third-order valence-electron chi connectivity index (χ3n) is 6.31. The van der Waals surface area contributed by atoms with Crippen molar-refractivity contribution in [2.45, 2.75) is 23.7 Å². The Morgan fingerprint density at radius 2 is 1.79 bits per heavy atom. The van der Waals surface area contributed by atoms with Crippen LogP contribution in [0.2, 0.25) is 10.0 Å². The summed E-state index contributed by atoms with van der Waals surface area (Å²) >= 11 is 25.5. The standard InChI is InChI=1S/C27H21Cl4N5O2/c1-15-8-17(10-18(28)9-15)23-24(27(23,30)31)26(38)35-19-4-7-22(29)21(11-19)25(37)33-12-16-2-5-20(6-3-16)36-14-32-13-34-36/h2-11,13-14,23-24H,12H2,1H3,(H,33,37)(H,35,38). The Labute approximate surface area is 239 Å². The second kappa shape index (κ2) is 10.6. The smallest absolute Gasteiger partial charge is 0.253 e. The van der Waals surface area contributed by atoms with Gasteiger partial charge in [0.1, 0.15) is 17.0 Å². The van der Waals surface area contributed by atoms with E-state index < -0.39 is 16.2 Å². The summed E-state index contributed by atoms with van der Waals surface area (Å²) in [5, 5.41) is 10.6. The van der Waals surface area contributed by atoms with E-state index in [2.05, 4.69) is 20.7 Å². The predicted molar refractivity (Wildman–Crippen MR) is 149 cm³/mol. The van der Waals surface area contributed by atoms with Crippen molar-refractivity contribution in [1.29, 1.82) is 0 Å². The van der Waals surface area contributed by atoms with Crippen LogP contribution in [0.5, 0.6) is 0 Å². The van der Waals surface area contributed by atoms with Gasteiger partial charge in [0.05, 0.1) is 22.2 Å². The van der Waals surface area contributed by atoms with Crippen LogP contribution in [0, 0.1) is 12.8 Å². The average Bonchev–Trinajstić information content (AvgIpc) is 3.18. The first-order valence-electron chi connectivity index (χ1n) is 11.6. The van der Waals surface area contributed by atoms with E-state index in [1.165, 1.54) is 12.4 Å². The van der Waals surface area contributed by atoms with Crippen LogP contribution in [-0.4, -0.2) is 30.9 Å². The third kappa shape index (κ3) is 5.52. The zero-order valence-electron chi connectivity index (χ0n) is 20.0. The molecule has 0 spiro atoms. The van der Waals surface area contributed by atoms with E-state index in [-0.39, 0.29) is 28.9 Å². The van der Waals surface area contributed by atoms with Gasteiger partial charge in [-0.05, 0) is 66.1 Å². The molecular weight excluding hydrogens is 568 g/mol. The summed E-state index contributed by atoms with van der Waals surface area (Å²) in [5.41, 5.74) is 4.11. The van der Waals surface area contributed by atoms with Gasteiger partial charge in [-0.2, -0.15) is 5.10 Å². The fourth-order valence-electron chi connectivity index (χ4n) is 4.39. The van der Waals surface area contributed by atoms with Crippen molar-refractivity contribution < 1.29 is 9.59 Å². The Kier molecular flexibility index (Phi) is 7.38. The maximum absolute atomic E-state index is 13.1. The second-order valence-electron chi connectivity index (χ2n) is 9.06. The zero-order valence-corrected chi connectivity index (χ0v) is 23.0. The van der Waals surface area contributed by atoms with E-state index in [1.54, 1.807) is 29.2 Å². The molecule has 5 rings (SSSR count). The molecule has 0 aliphatic heterocycles. The van der Waals surface area contributed by atoms with Crippen LogP contribution in [0.4, 0.5) is 5.69 Å². The highest BCUT2D eigenvalue weighted by Crippen LogP contribution is 2.65. The lowest BCUT2D eigenvalue weighted by molar-refractivity contribution is -0.117. The highest BCUT2D eigenvalue weighted by atomic mass is 35.5. The van der Waals surface area contributed by atoms with Gasteiger partial charge >= 0.3 is 0 Å². The first-order valence-corrected chi connectivity index (χ1v) is 13.1. The van der Waals surface area contributed by atoms with Crippen molar-refractivity contribution in [3.63, 3.8) is 0 Å². The number of hydrogen-bond donors (Lipinski definition) is 2. The van der Waals surface area contributed by atoms with Crippen LogP contribution in [0.15, 0.2) is 73.3 Å². The topological polar surface area (TPSA) is 88.9 Å². The number of nitrogens with zero attached hydrogens (tertiary/aromatic N) is 3. The number of rotatable bonds is 7. The van der Waals surface area contributed by atoms with Crippen LogP contribution in [0.25, 0.3) is 5.69 Å². The predicted octanol–water partition coefficient (Wildman–Crippen LogP) is 6.34. The quantitative estimate of drug-likeness (QED) is 0.247. The molecule has 2 atom stereocenters. The number of anilines is 1. The highest BCUT2D eigenvalue weighted by Gasteiger charge is 2.67. The molecule has 2 amide bonds. The van der Waals surface area contributed by atoms with Crippen LogP contribution in [0.3, 0.4) is 0 Å². The Morgan fingerprint density at radius 1 is 1.03 bits per heavy atom. The average molecular weight is 589 g/mol. The monoisotopic (exact) mass is 587 g/mol. The summed E-state index contributed by atoms with van der Waals surface area (Å²) < 4.78 is 0.373. The summed E-state index contributed by atoms with van der Waals surface area (Å²) in [6, 6.07) is 17.7. The molecule has 0 bridgehead atoms. The van der Waals surface area contributed by atoms with Crippen LogP contribution < -0.4 is 10.6 Å². The molecule has 7 nitrogen and oxygen atoms in total. The molecule has 0 radical (unpaired) electrons. The van der Waals surface area contributed by atoms with E-state index >= 15 is 0 Å². The molecule has 11 heteroatoms. The number of halogens is 4. The number of nitrogens with one attached hydrogen (secondary N) is 2. The molecule has 0 saturated heterocycles. The largest absolute Gasteiger partial charge is 0.348 e. The lowest BCUT2D eigenvalue weighted by Gasteiger charge is -2.11. The number of aryl methyl sites for hydroxylation is 1. The van der Waals surface area contributed by atoms with E-state index in [0.717, 1.165) is 22.4 Å². The van der Waals surface area contributed by atoms with E-state index in [0.29, 0.717) is 10.7 Å². The van der Waals surface area contributed by atoms with Crippen molar-refractivity contribution in [1.82, 2.24) is 20.1 Å². The molecule has 194 valence electrons. The molecular formula is C27H21Cl4N5O2. The van der Waals surface area contributed by atoms with Crippen molar-refractivity contribution in [3.8, 4) is 5.69 Å². The molecule has 3 aromatic carbocycles. The second-order valence-corrected chi connectivity index (χ2v) is 11.4. The van der Waals surface area contributed by atoms with Crippen LogP contribution >= 0.6 is 46.4 Å². The van der Waals surface area contributed by atoms with Gasteiger partial charge in [0.15, 0.2) is 0 Å². The van der Waals surface area contributed by atoms with Crippen molar-refractivity contribution in [3.05, 3.63) is 106 Å². The molecule has 2 N–H and O–H groups in total. The van der Waals surface area contributed by atoms with E-state index in [1.807, 2.05) is 43.3 Å². The number of carbonyl (C=O) groups excluding carboxylic acids is 2. The Morgan fingerprint density at radius 3 is 2.47 bits per heavy atom. The lowest BCUT2D eigenvalue weighted by atomic mass is 10.1. The first kappa shape index (κ1) is 26.5. The maximum Gasteiger partial charge on any atom is 0.253 e. The van der Waals surface area contributed by atoms with Gasteiger partial charge in [0.2, 0.25) is 5.91 Å². The molecule has 1 aliphatic carbocycles. The minimum atomic E-state index is -1.27. The minimum Gasteiger partial charge on any atom is -0.348 e. The first-order chi connectivity index (χ1) is 18.1. The van der Waals surface area contributed by atoms with Gasteiger partial charge in [0.25, 0.3) is 5.91 Å². The van der Waals surface area contributed by atoms with Gasteiger partial charge in [-0.25, -0.2) is 9.67 Å². The number of aromatic nitrogens is 3. The Hall–Kier alpha value is -3.10. The van der Waals surface area contributed by atoms with Crippen molar-refractivity contribution >= 4 is 63.9 Å². The molecule has 1 fully saturated rings. The minimum absolute atomic E-state index is 0.226. The number of carbonyl (C=O) groups is 2. The van der Waals surface area contributed by atoms with Crippen LogP contribution in [0.1, 0.15) is 33.0 Å². The van der Waals surface area contributed by atoms with Crippen LogP contribution in [-0.2, 0) is 11.3 Å². The SMILES string of the molecule is Cc1cc(Cl)cc(C2C(C(=O)Nc3ccc(Cl)c(C(=O)NCc4ccc(-n5cncn5)cc4)c3)C2(Cl)Cl)c1. The lowest BCUT2D eigenvalue weighted by Crippen LogP contribution is -2.23. The summed E-state index contributed by atoms with van der Waals surface area (Å²) in [6.07, 6.45) is 3.06. The summed E-state index contributed by atoms with van der Waals surface area (Å²) in [5.74, 6) is -1.83. The Bertz CT molecular complexity index is 1490. The number of alkyl halides is 2. The summed E-state index contributed by atoms with van der Waals surface area (Å²) in [7, 11) is 0. The van der Waals surface area contributed by atoms with Gasteiger partial charge in [-0.1, -0.05) is 41.4 Å². The van der Waals surface area contributed by atoms with Crippen molar-refractivity contribution in [2.75, 3.05) is 5.32 Å². The normalized spacial score (nSPS) is 17.6. The molecule has 1 heterocycles. The number of hydrogen-bond acceptors (Lipinski definition) is 4. The fourth-order valence-corrected chi connectivity index (χ4v) is 5.72. The van der Waals surface area contributed by atoms with Crippen molar-refractivity contribution in [2.24, 2.45) is 5.92 Å². The molecule has 1 aliphatic rings. The fraction of sp³-hybridized carbons (Fsp3) is 0.185. The molecule has 2 unspecified atom stereocenters. The van der Waals surface area contributed by atoms with Gasteiger partial charge < -0.3 is 10.6 Å². The van der Waals surface area contributed by atoms with E-state index in [9.17, 15) is 9.59 Å². The van der Waals surface area contributed by atoms with E-state index in [4.69, 9.17) is 46.4 Å². The molecule has 1 aromatic heterocycles. The molecule has 4 aromatic rings. The van der Waals surface area contributed by atoms with Gasteiger partial charge in [-0.15, -0.1) is 23.2 Å². The maximum atomic E-state index is 13.1. The summed E-state index contributed by atoms with van der Waals surface area (Å²) in [4.78, 5) is 29.9. The van der Waals surface area contributed by atoms with Gasteiger partial charge in [-0.3, -0.25) is 9.59 Å². The third-order valence-corrected chi connectivity index (χ3v) is 7.80. The van der Waals surface area contributed by atoms with Gasteiger partial charge in [0, 0.05) is 23.2 Å². The number of amides is 2. The highest BCUT2D eigenvalue weighted by molar-refractivity contribution is 6.53. The summed E-state index contributed by atoms with van der Waals surface area (Å²) in [6.45, 7) is 2.19.